The number of nitrogens with zero attached hydrogens (tertiary/aromatic N) is 1. The van der Waals surface area contributed by atoms with E-state index in [2.05, 4.69) is 180 Å². The molecule has 9 aromatic carbocycles. The third kappa shape index (κ3) is 5.07. The van der Waals surface area contributed by atoms with E-state index in [9.17, 15) is 0 Å². The van der Waals surface area contributed by atoms with Crippen LogP contribution >= 0.6 is 0 Å². The Morgan fingerprint density at radius 1 is 0.352 bits per heavy atom. The summed E-state index contributed by atoms with van der Waals surface area (Å²) in [6.45, 7) is 0. The highest BCUT2D eigenvalue weighted by Crippen LogP contribution is 2.43. The summed E-state index contributed by atoms with van der Waals surface area (Å²) in [5, 5.41) is 12.3. The molecule has 0 amide bonds. The minimum absolute atomic E-state index is 0.848. The van der Waals surface area contributed by atoms with E-state index in [1.165, 1.54) is 11.1 Å². The lowest BCUT2D eigenvalue weighted by Crippen LogP contribution is -2.11. The molecule has 54 heavy (non-hydrogen) atoms. The Bertz CT molecular complexity index is 3180. The number of nitrogens with one attached hydrogen (secondary N) is 1. The zero-order valence-electron chi connectivity index (χ0n) is 29.2. The van der Waals surface area contributed by atoms with Crippen molar-refractivity contribution >= 4 is 93.9 Å². The maximum Gasteiger partial charge on any atom is 0.136 e. The fraction of sp³-hybridized carbons (Fsp3) is 0. The Kier molecular flexibility index (Phi) is 6.82. The van der Waals surface area contributed by atoms with Crippen molar-refractivity contribution in [2.75, 3.05) is 10.2 Å². The van der Waals surface area contributed by atoms with E-state index in [-0.39, 0.29) is 0 Å². The van der Waals surface area contributed by atoms with Gasteiger partial charge in [0.15, 0.2) is 0 Å². The lowest BCUT2D eigenvalue weighted by Gasteiger charge is -2.28. The van der Waals surface area contributed by atoms with Crippen LogP contribution in [0.2, 0.25) is 0 Å². The highest BCUT2D eigenvalue weighted by atomic mass is 16.3. The Balaban J connectivity index is 1.01. The highest BCUT2D eigenvalue weighted by molar-refractivity contribution is 6.18. The molecular formula is C50H32N2O2. The van der Waals surface area contributed by atoms with Crippen LogP contribution < -0.4 is 10.2 Å². The van der Waals surface area contributed by atoms with E-state index >= 15 is 0 Å². The van der Waals surface area contributed by atoms with Crippen LogP contribution in [0.3, 0.4) is 0 Å². The topological polar surface area (TPSA) is 41.6 Å². The molecule has 0 spiro atoms. The van der Waals surface area contributed by atoms with E-state index in [4.69, 9.17) is 8.83 Å². The van der Waals surface area contributed by atoms with Gasteiger partial charge in [-0.3, -0.25) is 0 Å². The van der Waals surface area contributed by atoms with Crippen LogP contribution in [0.15, 0.2) is 197 Å². The first-order chi connectivity index (χ1) is 26.7. The molecular weight excluding hydrogens is 661 g/mol. The van der Waals surface area contributed by atoms with Crippen molar-refractivity contribution in [3.05, 3.63) is 188 Å². The lowest BCUT2D eigenvalue weighted by molar-refractivity contribution is 0.664. The van der Waals surface area contributed by atoms with Gasteiger partial charge in [-0.25, -0.2) is 0 Å². The van der Waals surface area contributed by atoms with Crippen molar-refractivity contribution in [2.45, 2.75) is 0 Å². The summed E-state index contributed by atoms with van der Waals surface area (Å²) in [6, 6.07) is 66.2. The maximum atomic E-state index is 6.63. The third-order valence-corrected chi connectivity index (χ3v) is 10.5. The molecule has 4 nitrogen and oxygen atoms in total. The molecule has 2 heterocycles. The second kappa shape index (κ2) is 12.1. The Labute approximate surface area is 311 Å². The number of anilines is 5. The first kappa shape index (κ1) is 30.3. The zero-order valence-corrected chi connectivity index (χ0v) is 29.2. The number of benzene rings is 9. The number of hydrogen-bond donors (Lipinski definition) is 1. The summed E-state index contributed by atoms with van der Waals surface area (Å²) in [4.78, 5) is 2.34. The van der Waals surface area contributed by atoms with Crippen molar-refractivity contribution in [1.82, 2.24) is 0 Å². The van der Waals surface area contributed by atoms with Crippen LogP contribution in [0, 0.1) is 0 Å². The predicted molar refractivity (Wildman–Crippen MR) is 226 cm³/mol. The van der Waals surface area contributed by atoms with Gasteiger partial charge in [0.2, 0.25) is 0 Å². The maximum absolute atomic E-state index is 6.63. The van der Waals surface area contributed by atoms with Crippen LogP contribution in [0.4, 0.5) is 28.4 Å². The van der Waals surface area contributed by atoms with Gasteiger partial charge in [-0.15, -0.1) is 0 Å². The van der Waals surface area contributed by atoms with Gasteiger partial charge >= 0.3 is 0 Å². The van der Waals surface area contributed by atoms with Crippen LogP contribution in [-0.4, -0.2) is 0 Å². The van der Waals surface area contributed by atoms with Gasteiger partial charge in [-0.1, -0.05) is 97.1 Å². The van der Waals surface area contributed by atoms with Gasteiger partial charge in [0.1, 0.15) is 22.3 Å². The fourth-order valence-electron chi connectivity index (χ4n) is 7.96. The summed E-state index contributed by atoms with van der Waals surface area (Å²) in [5.41, 5.74) is 11.1. The SMILES string of the molecule is c1ccc(Nc2ccc3cc4c(cc3c2)oc2cc3c(cc24)oc2cc4cc(N(c5ccccc5)c5ccccc5-c5ccccc5)ccc4cc23)cc1. The van der Waals surface area contributed by atoms with Crippen LogP contribution in [0.25, 0.3) is 76.5 Å². The van der Waals surface area contributed by atoms with Crippen molar-refractivity contribution in [1.29, 1.82) is 0 Å². The normalized spacial score (nSPS) is 11.7. The van der Waals surface area contributed by atoms with Gasteiger partial charge < -0.3 is 19.1 Å². The van der Waals surface area contributed by atoms with Crippen LogP contribution in [0.5, 0.6) is 0 Å². The predicted octanol–water partition coefficient (Wildman–Crippen LogP) is 14.7. The molecule has 4 heteroatoms. The van der Waals surface area contributed by atoms with E-state index in [0.29, 0.717) is 0 Å². The molecule has 11 aromatic rings. The van der Waals surface area contributed by atoms with Crippen molar-refractivity contribution in [3.63, 3.8) is 0 Å². The van der Waals surface area contributed by atoms with Crippen molar-refractivity contribution in [3.8, 4) is 11.1 Å². The van der Waals surface area contributed by atoms with E-state index in [1.807, 2.05) is 18.2 Å². The Morgan fingerprint density at radius 3 is 1.57 bits per heavy atom. The zero-order chi connectivity index (χ0) is 35.6. The molecule has 1 N–H and O–H groups in total. The number of hydrogen-bond acceptors (Lipinski definition) is 4. The molecule has 0 saturated heterocycles. The van der Waals surface area contributed by atoms with Crippen LogP contribution in [-0.2, 0) is 0 Å². The van der Waals surface area contributed by atoms with E-state index in [0.717, 1.165) is 93.9 Å². The highest BCUT2D eigenvalue weighted by Gasteiger charge is 2.19. The third-order valence-electron chi connectivity index (χ3n) is 10.5. The molecule has 0 bridgehead atoms. The number of furan rings is 2. The molecule has 0 unspecified atom stereocenters. The summed E-state index contributed by atoms with van der Waals surface area (Å²) in [5.74, 6) is 0. The molecule has 0 aliphatic carbocycles. The quantitative estimate of drug-likeness (QED) is 0.188. The minimum Gasteiger partial charge on any atom is -0.456 e. The summed E-state index contributed by atoms with van der Waals surface area (Å²) >= 11 is 0. The number of para-hydroxylation sites is 3. The molecule has 0 fully saturated rings. The fourth-order valence-corrected chi connectivity index (χ4v) is 7.96. The van der Waals surface area contributed by atoms with Gasteiger partial charge in [0.25, 0.3) is 0 Å². The van der Waals surface area contributed by atoms with E-state index < -0.39 is 0 Å². The second-order valence-corrected chi connectivity index (χ2v) is 13.9. The van der Waals surface area contributed by atoms with Crippen LogP contribution in [0.1, 0.15) is 0 Å². The van der Waals surface area contributed by atoms with Gasteiger partial charge in [0, 0.05) is 49.9 Å². The molecule has 0 atom stereocenters. The molecule has 254 valence electrons. The Hall–Kier alpha value is -7.30. The average molecular weight is 693 g/mol. The molecule has 0 radical (unpaired) electrons. The first-order valence-corrected chi connectivity index (χ1v) is 18.2. The number of fused-ring (bicyclic) bond motifs is 8. The smallest absolute Gasteiger partial charge is 0.136 e. The Morgan fingerprint density at radius 2 is 0.889 bits per heavy atom. The van der Waals surface area contributed by atoms with Gasteiger partial charge in [0.05, 0.1) is 5.69 Å². The monoisotopic (exact) mass is 692 g/mol. The summed E-state index contributed by atoms with van der Waals surface area (Å²) < 4.78 is 13.2. The van der Waals surface area contributed by atoms with Crippen molar-refractivity contribution in [2.24, 2.45) is 0 Å². The largest absolute Gasteiger partial charge is 0.456 e. The van der Waals surface area contributed by atoms with Crippen molar-refractivity contribution < 1.29 is 8.83 Å². The molecule has 11 rings (SSSR count). The second-order valence-electron chi connectivity index (χ2n) is 13.9. The lowest BCUT2D eigenvalue weighted by atomic mass is 10.0. The summed E-state index contributed by atoms with van der Waals surface area (Å²) in [7, 11) is 0. The first-order valence-electron chi connectivity index (χ1n) is 18.2. The van der Waals surface area contributed by atoms with Gasteiger partial charge in [-0.2, -0.15) is 0 Å². The molecule has 2 aromatic heterocycles. The van der Waals surface area contributed by atoms with Gasteiger partial charge in [-0.05, 0) is 118 Å². The minimum atomic E-state index is 0.848. The molecule has 0 aliphatic rings. The summed E-state index contributed by atoms with van der Waals surface area (Å²) in [6.07, 6.45) is 0. The average Bonchev–Trinajstić information content (AvgIpc) is 3.75. The standard InChI is InChI=1S/C50H32N2O2/c1-4-12-32(13-5-1)41-18-10-11-19-46(41)52(39-16-8-3-9-17-39)40-23-21-34-27-43-45-31-49-44(30-50(45)54-48(43)29-36(34)25-40)42-26-33-20-22-38(24-35(33)28-47(42)53-49)51-37-14-6-2-7-15-37/h1-31,51H. The molecule has 0 saturated carbocycles. The van der Waals surface area contributed by atoms with E-state index in [1.54, 1.807) is 0 Å². The molecule has 0 aliphatic heterocycles. The number of rotatable bonds is 6.